The zero-order chi connectivity index (χ0) is 19.2. The van der Waals surface area contributed by atoms with Gasteiger partial charge in [-0.3, -0.25) is 4.79 Å². The maximum atomic E-state index is 12.1. The first-order valence-corrected chi connectivity index (χ1v) is 8.73. The van der Waals surface area contributed by atoms with E-state index in [2.05, 4.69) is 20.6 Å². The summed E-state index contributed by atoms with van der Waals surface area (Å²) in [7, 11) is 0. The van der Waals surface area contributed by atoms with E-state index in [-0.39, 0.29) is 12.5 Å². The second kappa shape index (κ2) is 8.51. The van der Waals surface area contributed by atoms with Gasteiger partial charge in [0.2, 0.25) is 5.95 Å². The minimum atomic E-state index is -0.259. The van der Waals surface area contributed by atoms with Crippen molar-refractivity contribution in [1.82, 2.24) is 9.97 Å². The Labute approximate surface area is 162 Å². The van der Waals surface area contributed by atoms with Crippen LogP contribution in [0, 0.1) is 13.8 Å². The molecule has 0 saturated heterocycles. The van der Waals surface area contributed by atoms with Crippen LogP contribution in [0.4, 0.5) is 17.3 Å². The summed E-state index contributed by atoms with van der Waals surface area (Å²) >= 11 is 5.82. The summed E-state index contributed by atoms with van der Waals surface area (Å²) < 4.78 is 5.44. The van der Waals surface area contributed by atoms with E-state index in [1.165, 1.54) is 0 Å². The summed E-state index contributed by atoms with van der Waals surface area (Å²) in [5.41, 5.74) is 3.19. The number of aromatic nitrogens is 2. The normalized spacial score (nSPS) is 10.3. The highest BCUT2D eigenvalue weighted by Crippen LogP contribution is 2.19. The van der Waals surface area contributed by atoms with Gasteiger partial charge in [0.05, 0.1) is 0 Å². The molecule has 1 heterocycles. The molecular weight excluding hydrogens is 364 g/mol. The van der Waals surface area contributed by atoms with E-state index in [0.717, 1.165) is 17.1 Å². The van der Waals surface area contributed by atoms with Crippen LogP contribution in [0.25, 0.3) is 0 Å². The summed E-state index contributed by atoms with van der Waals surface area (Å²) in [6, 6.07) is 16.1. The first kappa shape index (κ1) is 18.7. The van der Waals surface area contributed by atoms with Crippen LogP contribution in [0.1, 0.15) is 11.4 Å². The van der Waals surface area contributed by atoms with Gasteiger partial charge in [-0.05, 0) is 62.4 Å². The van der Waals surface area contributed by atoms with Crippen molar-refractivity contribution in [3.05, 3.63) is 71.0 Å². The van der Waals surface area contributed by atoms with Gasteiger partial charge in [-0.25, -0.2) is 9.97 Å². The van der Waals surface area contributed by atoms with Crippen LogP contribution in [0.15, 0.2) is 54.6 Å². The molecule has 0 atom stereocenters. The molecule has 2 aromatic carbocycles. The van der Waals surface area contributed by atoms with E-state index in [0.29, 0.717) is 22.4 Å². The van der Waals surface area contributed by atoms with E-state index in [9.17, 15) is 4.79 Å². The summed E-state index contributed by atoms with van der Waals surface area (Å²) in [4.78, 5) is 20.8. The van der Waals surface area contributed by atoms with Crippen molar-refractivity contribution in [2.75, 3.05) is 17.2 Å². The van der Waals surface area contributed by atoms with E-state index < -0.39 is 0 Å². The second-order valence-electron chi connectivity index (χ2n) is 5.97. The zero-order valence-electron chi connectivity index (χ0n) is 15.0. The Balaban J connectivity index is 1.59. The van der Waals surface area contributed by atoms with Crippen molar-refractivity contribution in [2.24, 2.45) is 0 Å². The topological polar surface area (TPSA) is 76.1 Å². The Morgan fingerprint density at radius 1 is 1.00 bits per heavy atom. The third kappa shape index (κ3) is 5.69. The lowest BCUT2D eigenvalue weighted by Crippen LogP contribution is -2.20. The van der Waals surface area contributed by atoms with E-state index in [1.54, 1.807) is 36.4 Å². The number of benzene rings is 2. The standard InChI is InChI=1S/C20H19ClN4O2/c1-13-10-14(2)23-20(22-13)25-17-5-3-4-16(11-17)24-19(26)12-27-18-8-6-15(21)7-9-18/h3-11H,12H2,1-2H3,(H,24,26)(H,22,23,25). The smallest absolute Gasteiger partial charge is 0.262 e. The number of hydrogen-bond donors (Lipinski definition) is 2. The molecule has 27 heavy (non-hydrogen) atoms. The number of ether oxygens (including phenoxy) is 1. The number of rotatable bonds is 6. The van der Waals surface area contributed by atoms with Crippen LogP contribution in [-0.2, 0) is 4.79 Å². The Bertz CT molecular complexity index is 925. The number of halogens is 1. The van der Waals surface area contributed by atoms with Crippen LogP contribution >= 0.6 is 11.6 Å². The van der Waals surface area contributed by atoms with E-state index in [1.807, 2.05) is 32.0 Å². The van der Waals surface area contributed by atoms with Gasteiger partial charge in [-0.2, -0.15) is 0 Å². The Morgan fingerprint density at radius 2 is 1.67 bits per heavy atom. The summed E-state index contributed by atoms with van der Waals surface area (Å²) in [6.07, 6.45) is 0. The third-order valence-electron chi connectivity index (χ3n) is 3.57. The van der Waals surface area contributed by atoms with Crippen LogP contribution in [0.2, 0.25) is 5.02 Å². The number of hydrogen-bond acceptors (Lipinski definition) is 5. The van der Waals surface area contributed by atoms with Crippen molar-refractivity contribution in [1.29, 1.82) is 0 Å². The summed E-state index contributed by atoms with van der Waals surface area (Å²) in [6.45, 7) is 3.73. The van der Waals surface area contributed by atoms with E-state index >= 15 is 0 Å². The number of amides is 1. The monoisotopic (exact) mass is 382 g/mol. The number of aryl methyl sites for hydroxylation is 2. The van der Waals surface area contributed by atoms with Gasteiger partial charge in [-0.15, -0.1) is 0 Å². The average Bonchev–Trinajstić information content (AvgIpc) is 2.61. The number of carbonyl (C=O) groups is 1. The van der Waals surface area contributed by atoms with Gasteiger partial charge in [0, 0.05) is 27.8 Å². The lowest BCUT2D eigenvalue weighted by atomic mass is 10.2. The predicted octanol–water partition coefficient (Wildman–Crippen LogP) is 4.51. The molecule has 0 radical (unpaired) electrons. The van der Waals surface area contributed by atoms with Crippen molar-refractivity contribution in [3.8, 4) is 5.75 Å². The molecule has 6 nitrogen and oxygen atoms in total. The van der Waals surface area contributed by atoms with Gasteiger partial charge < -0.3 is 15.4 Å². The molecule has 0 aliphatic heterocycles. The van der Waals surface area contributed by atoms with Crippen LogP contribution in [0.3, 0.4) is 0 Å². The fourth-order valence-electron chi connectivity index (χ4n) is 2.46. The molecule has 1 aromatic heterocycles. The molecule has 2 N–H and O–H groups in total. The number of anilines is 3. The largest absolute Gasteiger partial charge is 0.484 e. The van der Waals surface area contributed by atoms with Gasteiger partial charge in [0.15, 0.2) is 6.61 Å². The molecule has 0 bridgehead atoms. The number of nitrogens with one attached hydrogen (secondary N) is 2. The summed E-state index contributed by atoms with van der Waals surface area (Å²) in [5, 5.41) is 6.56. The first-order chi connectivity index (χ1) is 13.0. The quantitative estimate of drug-likeness (QED) is 0.656. The van der Waals surface area contributed by atoms with Crippen molar-refractivity contribution in [3.63, 3.8) is 0 Å². The van der Waals surface area contributed by atoms with Crippen molar-refractivity contribution in [2.45, 2.75) is 13.8 Å². The molecule has 0 unspecified atom stereocenters. The zero-order valence-corrected chi connectivity index (χ0v) is 15.7. The van der Waals surface area contributed by atoms with E-state index in [4.69, 9.17) is 16.3 Å². The van der Waals surface area contributed by atoms with Crippen molar-refractivity contribution >= 4 is 34.8 Å². The first-order valence-electron chi connectivity index (χ1n) is 8.35. The molecule has 7 heteroatoms. The van der Waals surface area contributed by atoms with Crippen LogP contribution < -0.4 is 15.4 Å². The predicted molar refractivity (Wildman–Crippen MR) is 107 cm³/mol. The maximum Gasteiger partial charge on any atom is 0.262 e. The highest BCUT2D eigenvalue weighted by molar-refractivity contribution is 6.30. The summed E-state index contributed by atoms with van der Waals surface area (Å²) in [5.74, 6) is 0.837. The van der Waals surface area contributed by atoms with Gasteiger partial charge >= 0.3 is 0 Å². The Morgan fingerprint density at radius 3 is 2.37 bits per heavy atom. The van der Waals surface area contributed by atoms with Gasteiger partial charge in [0.1, 0.15) is 5.75 Å². The molecule has 1 amide bonds. The molecule has 0 fully saturated rings. The molecule has 138 valence electrons. The SMILES string of the molecule is Cc1cc(C)nc(Nc2cccc(NC(=O)COc3ccc(Cl)cc3)c2)n1. The molecule has 0 aliphatic rings. The Kier molecular flexibility index (Phi) is 5.88. The molecule has 3 rings (SSSR count). The molecule has 0 aliphatic carbocycles. The van der Waals surface area contributed by atoms with Gasteiger partial charge in [-0.1, -0.05) is 17.7 Å². The number of carbonyl (C=O) groups excluding carboxylic acids is 1. The molecule has 0 spiro atoms. The van der Waals surface area contributed by atoms with Crippen LogP contribution in [-0.4, -0.2) is 22.5 Å². The molecule has 3 aromatic rings. The molecule has 0 saturated carbocycles. The second-order valence-corrected chi connectivity index (χ2v) is 6.41. The Hall–Kier alpha value is -3.12. The number of nitrogens with zero attached hydrogens (tertiary/aromatic N) is 2. The maximum absolute atomic E-state index is 12.1. The van der Waals surface area contributed by atoms with Crippen LogP contribution in [0.5, 0.6) is 5.75 Å². The fourth-order valence-corrected chi connectivity index (χ4v) is 2.59. The fraction of sp³-hybridized carbons (Fsp3) is 0.150. The highest BCUT2D eigenvalue weighted by atomic mass is 35.5. The lowest BCUT2D eigenvalue weighted by molar-refractivity contribution is -0.118. The lowest BCUT2D eigenvalue weighted by Gasteiger charge is -2.10. The minimum Gasteiger partial charge on any atom is -0.484 e. The van der Waals surface area contributed by atoms with Crippen molar-refractivity contribution < 1.29 is 9.53 Å². The molecular formula is C20H19ClN4O2. The third-order valence-corrected chi connectivity index (χ3v) is 3.82. The highest BCUT2D eigenvalue weighted by Gasteiger charge is 2.06. The minimum absolute atomic E-state index is 0.0977. The van der Waals surface area contributed by atoms with Gasteiger partial charge in [0.25, 0.3) is 5.91 Å². The average molecular weight is 383 g/mol.